The Morgan fingerprint density at radius 2 is 1.84 bits per heavy atom. The Morgan fingerprint density at radius 3 is 2.57 bits per heavy atom. The van der Waals surface area contributed by atoms with Crippen LogP contribution in [-0.4, -0.2) is 45.4 Å². The second-order valence-electron chi connectivity index (χ2n) is 9.38. The van der Waals surface area contributed by atoms with Gasteiger partial charge < -0.3 is 14.4 Å². The average Bonchev–Trinajstić information content (AvgIpc) is 3.36. The van der Waals surface area contributed by atoms with E-state index in [4.69, 9.17) is 9.47 Å². The zero-order chi connectivity index (χ0) is 26.3. The lowest BCUT2D eigenvalue weighted by molar-refractivity contribution is 0.0543. The van der Waals surface area contributed by atoms with Gasteiger partial charge in [0.2, 0.25) is 11.2 Å². The van der Waals surface area contributed by atoms with Gasteiger partial charge in [-0.15, -0.1) is 0 Å². The molecule has 0 bridgehead atoms. The first-order chi connectivity index (χ1) is 17.8. The van der Waals surface area contributed by atoms with Crippen molar-refractivity contribution in [3.05, 3.63) is 93.4 Å². The SMILES string of the molecule is CC(C)OC(=O)Oc1c2n(ncc1=O)[C@@H](C(c1ccccc1)c1cccc(F)c1F)[C@H]1CCCN1C2=O. The van der Waals surface area contributed by atoms with Gasteiger partial charge in [-0.25, -0.2) is 18.3 Å². The molecule has 10 heteroatoms. The molecule has 0 spiro atoms. The monoisotopic (exact) mass is 509 g/mol. The van der Waals surface area contributed by atoms with Crippen LogP contribution in [0.2, 0.25) is 0 Å². The van der Waals surface area contributed by atoms with Crippen molar-refractivity contribution in [2.24, 2.45) is 0 Å². The van der Waals surface area contributed by atoms with Gasteiger partial charge in [0.1, 0.15) is 0 Å². The normalized spacial score (nSPS) is 19.4. The number of hydrogen-bond donors (Lipinski definition) is 0. The molecule has 3 atom stereocenters. The Bertz CT molecular complexity index is 1410. The molecule has 1 fully saturated rings. The van der Waals surface area contributed by atoms with Crippen LogP contribution in [0, 0.1) is 11.6 Å². The number of benzene rings is 2. The molecule has 2 aliphatic rings. The maximum atomic E-state index is 15.3. The van der Waals surface area contributed by atoms with Crippen LogP contribution in [0.5, 0.6) is 5.75 Å². The molecule has 2 aromatic carbocycles. The lowest BCUT2D eigenvalue weighted by atomic mass is 9.79. The lowest BCUT2D eigenvalue weighted by Gasteiger charge is -2.42. The maximum Gasteiger partial charge on any atom is 0.514 e. The van der Waals surface area contributed by atoms with E-state index >= 15 is 4.39 Å². The number of nitrogens with zero attached hydrogens (tertiary/aromatic N) is 3. The molecular formula is C27H25F2N3O5. The number of hydrogen-bond acceptors (Lipinski definition) is 6. The molecule has 2 aliphatic heterocycles. The summed E-state index contributed by atoms with van der Waals surface area (Å²) < 4.78 is 41.3. The van der Waals surface area contributed by atoms with Crippen molar-refractivity contribution in [1.82, 2.24) is 14.7 Å². The third kappa shape index (κ3) is 4.36. The topological polar surface area (TPSA) is 90.7 Å². The zero-order valence-corrected chi connectivity index (χ0v) is 20.3. The Balaban J connectivity index is 1.74. The van der Waals surface area contributed by atoms with Crippen molar-refractivity contribution >= 4 is 12.1 Å². The van der Waals surface area contributed by atoms with Gasteiger partial charge in [0.25, 0.3) is 5.91 Å². The maximum absolute atomic E-state index is 15.3. The molecule has 192 valence electrons. The highest BCUT2D eigenvalue weighted by Crippen LogP contribution is 2.46. The third-order valence-electron chi connectivity index (χ3n) is 6.74. The predicted octanol–water partition coefficient (Wildman–Crippen LogP) is 4.44. The van der Waals surface area contributed by atoms with E-state index in [9.17, 15) is 18.8 Å². The number of carbonyl (C=O) groups is 2. The highest BCUT2D eigenvalue weighted by atomic mass is 19.2. The molecule has 3 aromatic rings. The molecule has 0 saturated carbocycles. The minimum atomic E-state index is -1.13. The van der Waals surface area contributed by atoms with Crippen LogP contribution in [0.25, 0.3) is 0 Å². The van der Waals surface area contributed by atoms with Gasteiger partial charge in [-0.3, -0.25) is 9.59 Å². The van der Waals surface area contributed by atoms with E-state index in [0.717, 1.165) is 12.3 Å². The summed E-state index contributed by atoms with van der Waals surface area (Å²) in [4.78, 5) is 40.3. The van der Waals surface area contributed by atoms with Gasteiger partial charge in [0.15, 0.2) is 17.3 Å². The molecule has 5 rings (SSSR count). The van der Waals surface area contributed by atoms with Gasteiger partial charge in [-0.05, 0) is 38.3 Å². The molecule has 0 radical (unpaired) electrons. The molecule has 1 saturated heterocycles. The van der Waals surface area contributed by atoms with Crippen molar-refractivity contribution < 1.29 is 27.8 Å². The first-order valence-electron chi connectivity index (χ1n) is 12.1. The molecule has 3 heterocycles. The van der Waals surface area contributed by atoms with Gasteiger partial charge in [-0.2, -0.15) is 5.10 Å². The van der Waals surface area contributed by atoms with Crippen molar-refractivity contribution in [2.75, 3.05) is 6.54 Å². The minimum Gasteiger partial charge on any atom is -0.431 e. The molecule has 0 N–H and O–H groups in total. The van der Waals surface area contributed by atoms with E-state index in [2.05, 4.69) is 5.10 Å². The zero-order valence-electron chi connectivity index (χ0n) is 20.3. The molecule has 37 heavy (non-hydrogen) atoms. The number of rotatable bonds is 5. The quantitative estimate of drug-likeness (QED) is 0.473. The van der Waals surface area contributed by atoms with Crippen LogP contribution >= 0.6 is 0 Å². The third-order valence-corrected chi connectivity index (χ3v) is 6.74. The van der Waals surface area contributed by atoms with Crippen molar-refractivity contribution in [2.45, 2.75) is 50.8 Å². The lowest BCUT2D eigenvalue weighted by Crippen LogP contribution is -2.51. The van der Waals surface area contributed by atoms with Crippen molar-refractivity contribution in [1.29, 1.82) is 0 Å². The van der Waals surface area contributed by atoms with Crippen molar-refractivity contribution in [3.8, 4) is 5.75 Å². The summed E-state index contributed by atoms with van der Waals surface area (Å²) in [6.45, 7) is 3.63. The summed E-state index contributed by atoms with van der Waals surface area (Å²) in [6, 6.07) is 11.8. The van der Waals surface area contributed by atoms with Crippen LogP contribution in [0.4, 0.5) is 13.6 Å². The number of fused-ring (bicyclic) bond motifs is 2. The Morgan fingerprint density at radius 1 is 1.08 bits per heavy atom. The van der Waals surface area contributed by atoms with E-state index < -0.39 is 59.0 Å². The first kappa shape index (κ1) is 24.6. The van der Waals surface area contributed by atoms with E-state index in [1.807, 2.05) is 6.07 Å². The Labute approximate surface area is 211 Å². The van der Waals surface area contributed by atoms with Gasteiger partial charge >= 0.3 is 6.16 Å². The number of aromatic nitrogens is 2. The Kier molecular flexibility index (Phi) is 6.49. The van der Waals surface area contributed by atoms with E-state index in [-0.39, 0.29) is 11.3 Å². The van der Waals surface area contributed by atoms with Gasteiger partial charge in [0, 0.05) is 18.0 Å². The van der Waals surface area contributed by atoms with Gasteiger partial charge in [0.05, 0.1) is 24.4 Å². The standard InChI is InChI=1S/C27H25F2N3O5/c1-15(2)36-27(35)37-25-20(33)14-30-32-23(19-12-7-13-31(19)26(34)24(25)32)21(16-8-4-3-5-9-16)17-10-6-11-18(28)22(17)29/h3-6,8-11,14-15,19,21,23H,7,12-13H2,1-2H3/t19-,21?,23-/m1/s1. The van der Waals surface area contributed by atoms with E-state index in [0.29, 0.717) is 24.9 Å². The molecule has 1 aromatic heterocycles. The summed E-state index contributed by atoms with van der Waals surface area (Å²) in [5.74, 6) is -3.81. The van der Waals surface area contributed by atoms with Crippen LogP contribution in [0.3, 0.4) is 0 Å². The second-order valence-corrected chi connectivity index (χ2v) is 9.38. The van der Waals surface area contributed by atoms with Crippen LogP contribution < -0.4 is 10.2 Å². The summed E-state index contributed by atoms with van der Waals surface area (Å²) in [5, 5.41) is 4.27. The summed E-state index contributed by atoms with van der Waals surface area (Å²) in [5.41, 5.74) is -0.240. The first-order valence-corrected chi connectivity index (χ1v) is 12.1. The van der Waals surface area contributed by atoms with Crippen LogP contribution in [0.1, 0.15) is 60.3 Å². The fourth-order valence-electron chi connectivity index (χ4n) is 5.32. The molecule has 8 nitrogen and oxygen atoms in total. The van der Waals surface area contributed by atoms with Crippen LogP contribution in [0.15, 0.2) is 59.5 Å². The minimum absolute atomic E-state index is 0.0885. The number of halogens is 2. The smallest absolute Gasteiger partial charge is 0.431 e. The molecule has 1 amide bonds. The largest absolute Gasteiger partial charge is 0.514 e. The fourth-order valence-corrected chi connectivity index (χ4v) is 5.32. The number of amides is 1. The average molecular weight is 510 g/mol. The summed E-state index contributed by atoms with van der Waals surface area (Å²) in [7, 11) is 0. The molecule has 0 aliphatic carbocycles. The molecule has 1 unspecified atom stereocenters. The highest BCUT2D eigenvalue weighted by Gasteiger charge is 2.49. The van der Waals surface area contributed by atoms with Gasteiger partial charge in [-0.1, -0.05) is 42.5 Å². The van der Waals surface area contributed by atoms with Crippen LogP contribution in [-0.2, 0) is 4.74 Å². The van der Waals surface area contributed by atoms with Crippen molar-refractivity contribution in [3.63, 3.8) is 0 Å². The summed E-state index contributed by atoms with van der Waals surface area (Å²) in [6.07, 6.45) is 0.568. The Hall–Kier alpha value is -4.08. The van der Waals surface area contributed by atoms with E-state index in [1.165, 1.54) is 16.8 Å². The highest BCUT2D eigenvalue weighted by molar-refractivity contribution is 5.97. The number of ether oxygens (including phenoxy) is 2. The predicted molar refractivity (Wildman–Crippen MR) is 128 cm³/mol. The fraction of sp³-hybridized carbons (Fsp3) is 0.333. The number of carbonyl (C=O) groups excluding carboxylic acids is 2. The van der Waals surface area contributed by atoms with E-state index in [1.54, 1.807) is 43.0 Å². The molecular weight excluding hydrogens is 484 g/mol. The summed E-state index contributed by atoms with van der Waals surface area (Å²) >= 11 is 0. The second kappa shape index (κ2) is 9.76.